The number of fused-ring (bicyclic) bond motifs is 1. The number of nitrogens with zero attached hydrogens (tertiary/aromatic N) is 4. The summed E-state index contributed by atoms with van der Waals surface area (Å²) in [6.07, 6.45) is 3.60. The van der Waals surface area contributed by atoms with Gasteiger partial charge in [0.15, 0.2) is 14.9 Å². The van der Waals surface area contributed by atoms with Crippen LogP contribution >= 0.6 is 27.3 Å². The Labute approximate surface area is 289 Å². The lowest BCUT2D eigenvalue weighted by atomic mass is 10.1. The molecule has 0 saturated carbocycles. The average Bonchev–Trinajstić information content (AvgIpc) is 3.56. The third-order valence-electron chi connectivity index (χ3n) is 7.28. The second-order valence-corrected chi connectivity index (χ2v) is 14.4. The van der Waals surface area contributed by atoms with Gasteiger partial charge in [-0.2, -0.15) is 0 Å². The minimum absolute atomic E-state index is 0.0364. The second kappa shape index (κ2) is 15.2. The van der Waals surface area contributed by atoms with Gasteiger partial charge < -0.3 is 20.1 Å². The second-order valence-electron chi connectivity index (χ2n) is 10.6. The van der Waals surface area contributed by atoms with Crippen molar-refractivity contribution in [3.63, 3.8) is 0 Å². The van der Waals surface area contributed by atoms with Crippen LogP contribution in [0.4, 0.5) is 15.9 Å². The molecule has 0 saturated heterocycles. The Hall–Kier alpha value is -4.50. The zero-order valence-electron chi connectivity index (χ0n) is 25.7. The average molecular weight is 750 g/mol. The van der Waals surface area contributed by atoms with Crippen LogP contribution in [0, 0.1) is 5.82 Å². The first-order chi connectivity index (χ1) is 23.3. The lowest BCUT2D eigenvalue weighted by molar-refractivity contribution is 0.303. The van der Waals surface area contributed by atoms with Gasteiger partial charge in [-0.3, -0.25) is 0 Å². The van der Waals surface area contributed by atoms with Gasteiger partial charge >= 0.3 is 0 Å². The maximum Gasteiger partial charge on any atom is 0.196 e. The van der Waals surface area contributed by atoms with Gasteiger partial charge in [-0.05, 0) is 70.0 Å². The third-order valence-corrected chi connectivity index (χ3v) is 10.4. The summed E-state index contributed by atoms with van der Waals surface area (Å²) in [5.74, 6) is 1.51. The largest absolute Gasteiger partial charge is 0.496 e. The van der Waals surface area contributed by atoms with Crippen LogP contribution in [-0.4, -0.2) is 54.3 Å². The first-order valence-electron chi connectivity index (χ1n) is 14.8. The standard InChI is InChI=1S/C34H30BrFN6O4S2/c1-45-31-18-28-26(17-25(31)29-20-47-32(42-29)10-12-37-13-14-48(43,44)33-7-2-3-11-38-33)34(40-21-39-28)41-24-8-9-30(27(35)16-24)46-19-22-5-4-6-23(36)15-22/h2-9,11,15-18,20-21,37H,10,12-14,19H2,1H3,(H,39,40,41). The highest BCUT2D eigenvalue weighted by atomic mass is 79.9. The van der Waals surface area contributed by atoms with Crippen LogP contribution in [0.15, 0.2) is 100 Å². The summed E-state index contributed by atoms with van der Waals surface area (Å²) in [4.78, 5) is 17.8. The molecular formula is C34H30BrFN6O4S2. The predicted molar refractivity (Wildman–Crippen MR) is 188 cm³/mol. The van der Waals surface area contributed by atoms with Crippen LogP contribution < -0.4 is 20.1 Å². The Kier molecular flexibility index (Phi) is 10.5. The summed E-state index contributed by atoms with van der Waals surface area (Å²) in [6, 6.07) is 20.6. The van der Waals surface area contributed by atoms with Crippen molar-refractivity contribution >= 4 is 59.5 Å². The molecule has 0 unspecified atom stereocenters. The molecule has 0 fully saturated rings. The maximum atomic E-state index is 13.5. The molecule has 0 aliphatic heterocycles. The van der Waals surface area contributed by atoms with Gasteiger partial charge in [0.1, 0.15) is 36.1 Å². The van der Waals surface area contributed by atoms with Crippen LogP contribution in [0.3, 0.4) is 0 Å². The minimum Gasteiger partial charge on any atom is -0.496 e. The monoisotopic (exact) mass is 748 g/mol. The lowest BCUT2D eigenvalue weighted by Crippen LogP contribution is -2.25. The van der Waals surface area contributed by atoms with E-state index < -0.39 is 9.84 Å². The van der Waals surface area contributed by atoms with Crippen molar-refractivity contribution in [3.05, 3.63) is 112 Å². The summed E-state index contributed by atoms with van der Waals surface area (Å²) in [6.45, 7) is 1.12. The van der Waals surface area contributed by atoms with Crippen LogP contribution in [0.25, 0.3) is 22.2 Å². The lowest BCUT2D eigenvalue weighted by Gasteiger charge is -2.13. The molecule has 0 aliphatic rings. The van der Waals surface area contributed by atoms with Crippen molar-refractivity contribution in [2.45, 2.75) is 18.1 Å². The van der Waals surface area contributed by atoms with E-state index in [9.17, 15) is 12.8 Å². The molecule has 10 nitrogen and oxygen atoms in total. The molecule has 6 rings (SSSR count). The molecule has 0 spiro atoms. The highest BCUT2D eigenvalue weighted by molar-refractivity contribution is 9.10. The molecule has 48 heavy (non-hydrogen) atoms. The van der Waals surface area contributed by atoms with E-state index in [0.29, 0.717) is 42.3 Å². The van der Waals surface area contributed by atoms with E-state index in [1.165, 1.54) is 42.1 Å². The van der Waals surface area contributed by atoms with Gasteiger partial charge in [-0.25, -0.2) is 32.7 Å². The Balaban J connectivity index is 1.13. The first-order valence-corrected chi connectivity index (χ1v) is 18.2. The Morgan fingerprint density at radius 2 is 1.85 bits per heavy atom. The van der Waals surface area contributed by atoms with Gasteiger partial charge in [0.05, 0.1) is 33.6 Å². The van der Waals surface area contributed by atoms with Crippen molar-refractivity contribution in [3.8, 4) is 22.8 Å². The molecule has 2 N–H and O–H groups in total. The molecule has 3 aromatic carbocycles. The number of thiazole rings is 1. The number of sulfone groups is 1. The molecule has 0 aliphatic carbocycles. The smallest absolute Gasteiger partial charge is 0.196 e. The van der Waals surface area contributed by atoms with Gasteiger partial charge in [0.2, 0.25) is 0 Å². The fourth-order valence-electron chi connectivity index (χ4n) is 4.88. The number of nitrogens with one attached hydrogen (secondary N) is 2. The quantitative estimate of drug-likeness (QED) is 0.113. The first kappa shape index (κ1) is 33.4. The summed E-state index contributed by atoms with van der Waals surface area (Å²) in [7, 11) is -1.83. The number of methoxy groups -OCH3 is 1. The van der Waals surface area contributed by atoms with Gasteiger partial charge in [-0.1, -0.05) is 18.2 Å². The number of rotatable bonds is 14. The molecule has 3 aromatic heterocycles. The van der Waals surface area contributed by atoms with E-state index in [-0.39, 0.29) is 23.2 Å². The number of pyridine rings is 1. The number of halogens is 2. The normalized spacial score (nSPS) is 11.5. The Morgan fingerprint density at radius 3 is 2.65 bits per heavy atom. The number of benzene rings is 3. The van der Waals surface area contributed by atoms with Gasteiger partial charge in [-0.15, -0.1) is 11.3 Å². The molecule has 246 valence electrons. The third kappa shape index (κ3) is 8.13. The van der Waals surface area contributed by atoms with Crippen LogP contribution in [0.5, 0.6) is 11.5 Å². The molecular weight excluding hydrogens is 719 g/mol. The van der Waals surface area contributed by atoms with E-state index in [2.05, 4.69) is 41.5 Å². The van der Waals surface area contributed by atoms with Crippen molar-refractivity contribution in [1.29, 1.82) is 0 Å². The zero-order chi connectivity index (χ0) is 33.5. The van der Waals surface area contributed by atoms with Crippen LogP contribution in [-0.2, 0) is 22.9 Å². The minimum atomic E-state index is -3.44. The van der Waals surface area contributed by atoms with Crippen molar-refractivity contribution in [2.24, 2.45) is 0 Å². The molecule has 6 aromatic rings. The van der Waals surface area contributed by atoms with Crippen LogP contribution in [0.2, 0.25) is 0 Å². The van der Waals surface area contributed by atoms with E-state index in [4.69, 9.17) is 14.5 Å². The van der Waals surface area contributed by atoms with Gasteiger partial charge in [0, 0.05) is 53.8 Å². The number of ether oxygens (including phenoxy) is 2. The molecule has 0 atom stereocenters. The van der Waals surface area contributed by atoms with E-state index >= 15 is 0 Å². The van der Waals surface area contributed by atoms with Crippen molar-refractivity contribution in [2.75, 3.05) is 31.3 Å². The van der Waals surface area contributed by atoms with E-state index in [1.54, 1.807) is 25.3 Å². The fourth-order valence-corrected chi connectivity index (χ4v) is 7.31. The molecule has 0 amide bonds. The van der Waals surface area contributed by atoms with Crippen molar-refractivity contribution in [1.82, 2.24) is 25.3 Å². The van der Waals surface area contributed by atoms with Crippen LogP contribution in [0.1, 0.15) is 10.6 Å². The number of hydrogen-bond donors (Lipinski definition) is 2. The Morgan fingerprint density at radius 1 is 0.958 bits per heavy atom. The molecule has 0 bridgehead atoms. The summed E-state index contributed by atoms with van der Waals surface area (Å²) in [5, 5.41) is 10.3. The predicted octanol–water partition coefficient (Wildman–Crippen LogP) is 6.99. The number of hydrogen-bond acceptors (Lipinski definition) is 11. The van der Waals surface area contributed by atoms with E-state index in [1.807, 2.05) is 41.8 Å². The summed E-state index contributed by atoms with van der Waals surface area (Å²) in [5.41, 5.74) is 3.75. The highest BCUT2D eigenvalue weighted by Gasteiger charge is 2.17. The maximum absolute atomic E-state index is 13.5. The van der Waals surface area contributed by atoms with E-state index in [0.717, 1.165) is 37.4 Å². The Bertz CT molecular complexity index is 2150. The number of aromatic nitrogens is 4. The molecule has 3 heterocycles. The SMILES string of the molecule is COc1cc2ncnc(Nc3ccc(OCc4cccc(F)c4)c(Br)c3)c2cc1-c1csc(CCNCCS(=O)(=O)c2ccccn2)n1. The molecule has 0 radical (unpaired) electrons. The van der Waals surface area contributed by atoms with Gasteiger partial charge in [0.25, 0.3) is 0 Å². The highest BCUT2D eigenvalue weighted by Crippen LogP contribution is 2.37. The zero-order valence-corrected chi connectivity index (χ0v) is 28.9. The number of anilines is 2. The summed E-state index contributed by atoms with van der Waals surface area (Å²) < 4.78 is 50.8. The molecule has 14 heteroatoms. The van der Waals surface area contributed by atoms with Crippen molar-refractivity contribution < 1.29 is 22.3 Å². The topological polar surface area (TPSA) is 128 Å². The fraction of sp³-hybridized carbons (Fsp3) is 0.176. The summed E-state index contributed by atoms with van der Waals surface area (Å²) >= 11 is 5.10.